The molecule has 6 nitrogen and oxygen atoms in total. The Morgan fingerprint density at radius 1 is 1.10 bits per heavy atom. The standard InChI is InChI=1S/C23H22N4O2/c1-15-13-20(27-22(24-15)16-7-3-2-4-8-16)26-21(28)12-11-18-14-17-9-5-6-10-19(17)25-23(18)29/h2-10,13,18H,11-12,14H2,1H3,(H,25,29)(H,24,26,27,28)/t18-/m0/s1. The molecule has 0 saturated carbocycles. The van der Waals surface area contributed by atoms with Crippen molar-refractivity contribution < 1.29 is 9.59 Å². The van der Waals surface area contributed by atoms with Gasteiger partial charge in [0.15, 0.2) is 5.82 Å². The van der Waals surface area contributed by atoms with E-state index in [-0.39, 0.29) is 24.2 Å². The summed E-state index contributed by atoms with van der Waals surface area (Å²) in [5, 5.41) is 5.77. The van der Waals surface area contributed by atoms with E-state index in [0.717, 1.165) is 22.5 Å². The van der Waals surface area contributed by atoms with Gasteiger partial charge in [0, 0.05) is 35.3 Å². The van der Waals surface area contributed by atoms with E-state index in [1.807, 2.05) is 61.5 Å². The highest BCUT2D eigenvalue weighted by Crippen LogP contribution is 2.27. The largest absolute Gasteiger partial charge is 0.326 e. The van der Waals surface area contributed by atoms with Gasteiger partial charge in [-0.1, -0.05) is 48.5 Å². The first-order chi connectivity index (χ1) is 14.1. The molecule has 0 fully saturated rings. The monoisotopic (exact) mass is 386 g/mol. The van der Waals surface area contributed by atoms with E-state index in [1.54, 1.807) is 6.07 Å². The van der Waals surface area contributed by atoms with Crippen molar-refractivity contribution in [3.05, 3.63) is 71.9 Å². The minimum Gasteiger partial charge on any atom is -0.326 e. The number of benzene rings is 2. The Kier molecular flexibility index (Phi) is 5.33. The molecule has 4 rings (SSSR count). The third kappa shape index (κ3) is 4.48. The van der Waals surface area contributed by atoms with Crippen molar-refractivity contribution in [2.45, 2.75) is 26.2 Å². The number of carbonyl (C=O) groups excluding carboxylic acids is 2. The van der Waals surface area contributed by atoms with Crippen molar-refractivity contribution in [3.63, 3.8) is 0 Å². The average Bonchev–Trinajstić information content (AvgIpc) is 2.72. The smallest absolute Gasteiger partial charge is 0.227 e. The number of rotatable bonds is 5. The first kappa shape index (κ1) is 18.8. The minimum atomic E-state index is -0.206. The topological polar surface area (TPSA) is 84.0 Å². The summed E-state index contributed by atoms with van der Waals surface area (Å²) < 4.78 is 0. The Labute approximate surface area is 169 Å². The van der Waals surface area contributed by atoms with E-state index in [4.69, 9.17) is 0 Å². The molecule has 0 spiro atoms. The molecule has 0 radical (unpaired) electrons. The van der Waals surface area contributed by atoms with Gasteiger partial charge in [0.25, 0.3) is 0 Å². The molecule has 0 aliphatic carbocycles. The van der Waals surface area contributed by atoms with E-state index in [1.165, 1.54) is 0 Å². The van der Waals surface area contributed by atoms with Crippen LogP contribution in [0.2, 0.25) is 0 Å². The van der Waals surface area contributed by atoms with Gasteiger partial charge < -0.3 is 10.6 Å². The zero-order valence-electron chi connectivity index (χ0n) is 16.2. The third-order valence-corrected chi connectivity index (χ3v) is 4.99. The first-order valence-corrected chi connectivity index (χ1v) is 9.68. The highest BCUT2D eigenvalue weighted by Gasteiger charge is 2.26. The lowest BCUT2D eigenvalue weighted by Gasteiger charge is -2.24. The summed E-state index contributed by atoms with van der Waals surface area (Å²) in [5.74, 6) is 0.654. The van der Waals surface area contributed by atoms with Crippen molar-refractivity contribution in [2.75, 3.05) is 10.6 Å². The van der Waals surface area contributed by atoms with Crippen LogP contribution in [-0.2, 0) is 16.0 Å². The molecule has 1 aliphatic heterocycles. The lowest BCUT2D eigenvalue weighted by atomic mass is 9.89. The van der Waals surface area contributed by atoms with Crippen molar-refractivity contribution >= 4 is 23.3 Å². The molecule has 146 valence electrons. The Balaban J connectivity index is 1.39. The molecule has 6 heteroatoms. The van der Waals surface area contributed by atoms with Crippen LogP contribution in [0.4, 0.5) is 11.5 Å². The fraction of sp³-hybridized carbons (Fsp3) is 0.217. The normalized spacial score (nSPS) is 15.3. The zero-order chi connectivity index (χ0) is 20.2. The van der Waals surface area contributed by atoms with Gasteiger partial charge in [0.1, 0.15) is 5.82 Å². The number of aromatic nitrogens is 2. The molecule has 2 aromatic carbocycles. The molecular formula is C23H22N4O2. The third-order valence-electron chi connectivity index (χ3n) is 4.99. The molecule has 1 aromatic heterocycles. The van der Waals surface area contributed by atoms with Gasteiger partial charge in [-0.25, -0.2) is 9.97 Å². The van der Waals surface area contributed by atoms with Crippen LogP contribution in [-0.4, -0.2) is 21.8 Å². The maximum Gasteiger partial charge on any atom is 0.227 e. The molecule has 2 heterocycles. The lowest BCUT2D eigenvalue weighted by Crippen LogP contribution is -2.30. The number of amides is 2. The molecule has 0 saturated heterocycles. The second-order valence-corrected chi connectivity index (χ2v) is 7.22. The average molecular weight is 386 g/mol. The van der Waals surface area contributed by atoms with Gasteiger partial charge in [-0.2, -0.15) is 0 Å². The Hall–Kier alpha value is -3.54. The summed E-state index contributed by atoms with van der Waals surface area (Å²) in [7, 11) is 0. The Bertz CT molecular complexity index is 1050. The Morgan fingerprint density at radius 2 is 1.86 bits per heavy atom. The van der Waals surface area contributed by atoms with Crippen molar-refractivity contribution in [1.82, 2.24) is 9.97 Å². The molecule has 1 aliphatic rings. The first-order valence-electron chi connectivity index (χ1n) is 9.68. The second-order valence-electron chi connectivity index (χ2n) is 7.22. The molecule has 0 unspecified atom stereocenters. The number of fused-ring (bicyclic) bond motifs is 1. The van der Waals surface area contributed by atoms with Crippen LogP contribution < -0.4 is 10.6 Å². The summed E-state index contributed by atoms with van der Waals surface area (Å²) in [6.07, 6.45) is 1.39. The summed E-state index contributed by atoms with van der Waals surface area (Å²) >= 11 is 0. The van der Waals surface area contributed by atoms with E-state index in [9.17, 15) is 9.59 Å². The van der Waals surface area contributed by atoms with Crippen molar-refractivity contribution in [1.29, 1.82) is 0 Å². The summed E-state index contributed by atoms with van der Waals surface area (Å²) in [4.78, 5) is 33.7. The number of carbonyl (C=O) groups is 2. The highest BCUT2D eigenvalue weighted by molar-refractivity contribution is 5.96. The van der Waals surface area contributed by atoms with E-state index < -0.39 is 0 Å². The van der Waals surface area contributed by atoms with Crippen molar-refractivity contribution in [2.24, 2.45) is 5.92 Å². The van der Waals surface area contributed by atoms with E-state index in [0.29, 0.717) is 24.5 Å². The maximum absolute atomic E-state index is 12.5. The van der Waals surface area contributed by atoms with E-state index in [2.05, 4.69) is 20.6 Å². The van der Waals surface area contributed by atoms with Gasteiger partial charge >= 0.3 is 0 Å². The fourth-order valence-electron chi connectivity index (χ4n) is 3.51. The molecule has 2 N–H and O–H groups in total. The van der Waals surface area contributed by atoms with Crippen LogP contribution in [0.1, 0.15) is 24.1 Å². The lowest BCUT2D eigenvalue weighted by molar-refractivity contribution is -0.121. The molecule has 1 atom stereocenters. The maximum atomic E-state index is 12.5. The minimum absolute atomic E-state index is 0.0271. The zero-order valence-corrected chi connectivity index (χ0v) is 16.2. The second kappa shape index (κ2) is 8.22. The van der Waals surface area contributed by atoms with Crippen LogP contribution in [0.3, 0.4) is 0 Å². The molecule has 2 amide bonds. The number of hydrogen-bond donors (Lipinski definition) is 2. The van der Waals surface area contributed by atoms with Crippen LogP contribution in [0.15, 0.2) is 60.7 Å². The number of hydrogen-bond acceptors (Lipinski definition) is 4. The van der Waals surface area contributed by atoms with Crippen LogP contribution in [0.25, 0.3) is 11.4 Å². The molecular weight excluding hydrogens is 364 g/mol. The predicted octanol–water partition coefficient (Wildman–Crippen LogP) is 3.98. The van der Waals surface area contributed by atoms with Gasteiger partial charge in [-0.05, 0) is 31.4 Å². The predicted molar refractivity (Wildman–Crippen MR) is 112 cm³/mol. The van der Waals surface area contributed by atoms with Crippen molar-refractivity contribution in [3.8, 4) is 11.4 Å². The number of para-hydroxylation sites is 1. The molecule has 3 aromatic rings. The highest BCUT2D eigenvalue weighted by atomic mass is 16.2. The van der Waals surface area contributed by atoms with Gasteiger partial charge in [0.2, 0.25) is 11.8 Å². The van der Waals surface area contributed by atoms with Gasteiger partial charge in [-0.15, -0.1) is 0 Å². The van der Waals surface area contributed by atoms with E-state index >= 15 is 0 Å². The summed E-state index contributed by atoms with van der Waals surface area (Å²) in [5.41, 5.74) is 3.64. The quantitative estimate of drug-likeness (QED) is 0.695. The fourth-order valence-corrected chi connectivity index (χ4v) is 3.51. The number of nitrogens with zero attached hydrogens (tertiary/aromatic N) is 2. The Morgan fingerprint density at radius 3 is 2.69 bits per heavy atom. The SMILES string of the molecule is Cc1cc(NC(=O)CC[C@H]2Cc3ccccc3NC2=O)nc(-c2ccccc2)n1. The summed E-state index contributed by atoms with van der Waals surface area (Å²) in [6, 6.07) is 19.2. The summed E-state index contributed by atoms with van der Waals surface area (Å²) in [6.45, 7) is 1.87. The van der Waals surface area contributed by atoms with Gasteiger partial charge in [0.05, 0.1) is 0 Å². The van der Waals surface area contributed by atoms with Crippen LogP contribution in [0, 0.1) is 12.8 Å². The van der Waals surface area contributed by atoms with Crippen LogP contribution in [0.5, 0.6) is 0 Å². The van der Waals surface area contributed by atoms with Crippen LogP contribution >= 0.6 is 0 Å². The number of aryl methyl sites for hydroxylation is 1. The number of anilines is 2. The van der Waals surface area contributed by atoms with Gasteiger partial charge in [-0.3, -0.25) is 9.59 Å². The molecule has 0 bridgehead atoms. The number of nitrogens with one attached hydrogen (secondary N) is 2. The molecule has 29 heavy (non-hydrogen) atoms.